The number of halogens is 1. The van der Waals surface area contributed by atoms with Gasteiger partial charge in [0.15, 0.2) is 0 Å². The normalized spacial score (nSPS) is 9.92. The monoisotopic (exact) mass is 229 g/mol. The number of nitro groups is 1. The van der Waals surface area contributed by atoms with Crippen molar-refractivity contribution in [1.29, 1.82) is 0 Å². The van der Waals surface area contributed by atoms with Gasteiger partial charge in [0.1, 0.15) is 0 Å². The molecule has 1 aromatic carbocycles. The van der Waals surface area contributed by atoms with Gasteiger partial charge in [-0.05, 0) is 25.0 Å². The average Bonchev–Trinajstić information content (AvgIpc) is 1.99. The molecule has 0 unspecified atom stereocenters. The van der Waals surface area contributed by atoms with Gasteiger partial charge in [-0.3, -0.25) is 10.1 Å². The molecule has 0 fully saturated rings. The second-order valence-corrected chi connectivity index (χ2v) is 3.44. The van der Waals surface area contributed by atoms with Crippen LogP contribution in [0, 0.1) is 24.0 Å². The van der Waals surface area contributed by atoms with Crippen molar-refractivity contribution >= 4 is 21.6 Å². The second-order valence-electron chi connectivity index (χ2n) is 2.65. The zero-order valence-electron chi connectivity index (χ0n) is 6.80. The molecule has 0 saturated carbocycles. The molecule has 1 rings (SSSR count). The molecule has 0 aromatic heterocycles. The molecule has 3 nitrogen and oxygen atoms in total. The Bertz CT molecular complexity index is 313. The Morgan fingerprint density at radius 3 is 2.08 bits per heavy atom. The van der Waals surface area contributed by atoms with Gasteiger partial charge in [-0.15, -0.1) is 0 Å². The highest BCUT2D eigenvalue weighted by Gasteiger charge is 2.09. The van der Waals surface area contributed by atoms with Crippen LogP contribution in [0.3, 0.4) is 0 Å². The Hall–Kier alpha value is -0.900. The van der Waals surface area contributed by atoms with Gasteiger partial charge in [0, 0.05) is 16.6 Å². The predicted octanol–water partition coefficient (Wildman–Crippen LogP) is 2.97. The SMILES string of the molecule is Cc1cc([N+](=O)[O-])cc(C)c1Br. The molecular weight excluding hydrogens is 222 g/mol. The van der Waals surface area contributed by atoms with Crippen LogP contribution < -0.4 is 0 Å². The topological polar surface area (TPSA) is 43.1 Å². The lowest BCUT2D eigenvalue weighted by Gasteiger charge is -2.01. The number of benzene rings is 1. The lowest BCUT2D eigenvalue weighted by molar-refractivity contribution is -0.385. The van der Waals surface area contributed by atoms with Gasteiger partial charge < -0.3 is 0 Å². The van der Waals surface area contributed by atoms with Crippen molar-refractivity contribution in [3.8, 4) is 0 Å². The Morgan fingerprint density at radius 2 is 1.75 bits per heavy atom. The molecule has 0 amide bonds. The van der Waals surface area contributed by atoms with Crippen molar-refractivity contribution < 1.29 is 4.92 Å². The van der Waals surface area contributed by atoms with Crippen LogP contribution >= 0.6 is 15.9 Å². The Morgan fingerprint density at radius 1 is 1.33 bits per heavy atom. The summed E-state index contributed by atoms with van der Waals surface area (Å²) in [5, 5.41) is 10.4. The van der Waals surface area contributed by atoms with Crippen molar-refractivity contribution in [1.82, 2.24) is 0 Å². The van der Waals surface area contributed by atoms with Gasteiger partial charge in [-0.2, -0.15) is 0 Å². The van der Waals surface area contributed by atoms with Gasteiger partial charge >= 0.3 is 0 Å². The Kier molecular flexibility index (Phi) is 2.47. The highest BCUT2D eigenvalue weighted by Crippen LogP contribution is 2.25. The van der Waals surface area contributed by atoms with Crippen molar-refractivity contribution in [2.45, 2.75) is 13.8 Å². The Labute approximate surface area is 78.7 Å². The molecule has 12 heavy (non-hydrogen) atoms. The van der Waals surface area contributed by atoms with E-state index in [2.05, 4.69) is 15.9 Å². The third-order valence-electron chi connectivity index (χ3n) is 1.63. The van der Waals surface area contributed by atoms with Gasteiger partial charge in [-0.1, -0.05) is 15.9 Å². The lowest BCUT2D eigenvalue weighted by Crippen LogP contribution is -1.91. The van der Waals surface area contributed by atoms with E-state index in [0.717, 1.165) is 15.6 Å². The first-order valence-electron chi connectivity index (χ1n) is 3.43. The molecule has 4 heteroatoms. The molecular formula is C8H8BrNO2. The molecule has 0 bridgehead atoms. The number of non-ortho nitro benzene ring substituents is 1. The van der Waals surface area contributed by atoms with E-state index in [-0.39, 0.29) is 10.6 Å². The summed E-state index contributed by atoms with van der Waals surface area (Å²) in [5.74, 6) is 0. The molecule has 0 spiro atoms. The number of hydrogen-bond donors (Lipinski definition) is 0. The van der Waals surface area contributed by atoms with Crippen LogP contribution in [0.4, 0.5) is 5.69 Å². The summed E-state index contributed by atoms with van der Waals surface area (Å²) >= 11 is 3.34. The number of nitrogens with zero attached hydrogens (tertiary/aromatic N) is 1. The van der Waals surface area contributed by atoms with E-state index in [1.807, 2.05) is 13.8 Å². The van der Waals surface area contributed by atoms with Crippen LogP contribution in [0.25, 0.3) is 0 Å². The highest BCUT2D eigenvalue weighted by molar-refractivity contribution is 9.10. The molecule has 0 saturated heterocycles. The zero-order chi connectivity index (χ0) is 9.30. The first kappa shape index (κ1) is 9.19. The summed E-state index contributed by atoms with van der Waals surface area (Å²) in [6.45, 7) is 3.67. The van der Waals surface area contributed by atoms with Crippen LogP contribution in [0.1, 0.15) is 11.1 Å². The van der Waals surface area contributed by atoms with E-state index >= 15 is 0 Å². The van der Waals surface area contributed by atoms with Gasteiger partial charge in [0.25, 0.3) is 5.69 Å². The van der Waals surface area contributed by atoms with Crippen LogP contribution in [-0.2, 0) is 0 Å². The first-order valence-corrected chi connectivity index (χ1v) is 4.23. The lowest BCUT2D eigenvalue weighted by atomic mass is 10.1. The van der Waals surface area contributed by atoms with E-state index in [9.17, 15) is 10.1 Å². The van der Waals surface area contributed by atoms with Crippen LogP contribution in [0.5, 0.6) is 0 Å². The summed E-state index contributed by atoms with van der Waals surface area (Å²) < 4.78 is 0.938. The maximum Gasteiger partial charge on any atom is 0.270 e. The Balaban J connectivity index is 3.31. The molecule has 0 N–H and O–H groups in total. The third-order valence-corrected chi connectivity index (χ3v) is 2.88. The van der Waals surface area contributed by atoms with Crippen LogP contribution in [0.2, 0.25) is 0 Å². The molecule has 0 aliphatic heterocycles. The molecule has 0 aliphatic rings. The summed E-state index contributed by atoms with van der Waals surface area (Å²) in [6.07, 6.45) is 0. The maximum atomic E-state index is 10.4. The third kappa shape index (κ3) is 1.64. The van der Waals surface area contributed by atoms with Crippen molar-refractivity contribution in [2.24, 2.45) is 0 Å². The van der Waals surface area contributed by atoms with Crippen LogP contribution in [-0.4, -0.2) is 4.92 Å². The highest BCUT2D eigenvalue weighted by atomic mass is 79.9. The molecule has 0 atom stereocenters. The fourth-order valence-electron chi connectivity index (χ4n) is 1.03. The van der Waals surface area contributed by atoms with E-state index in [4.69, 9.17) is 0 Å². The molecule has 0 heterocycles. The van der Waals surface area contributed by atoms with E-state index in [1.165, 1.54) is 0 Å². The van der Waals surface area contributed by atoms with E-state index < -0.39 is 0 Å². The van der Waals surface area contributed by atoms with Crippen molar-refractivity contribution in [3.05, 3.63) is 37.8 Å². The van der Waals surface area contributed by atoms with E-state index in [0.29, 0.717) is 0 Å². The first-order chi connectivity index (χ1) is 5.52. The summed E-state index contributed by atoms with van der Waals surface area (Å²) in [6, 6.07) is 3.11. The van der Waals surface area contributed by atoms with Gasteiger partial charge in [0.05, 0.1) is 4.92 Å². The zero-order valence-corrected chi connectivity index (χ0v) is 8.38. The summed E-state index contributed by atoms with van der Waals surface area (Å²) in [7, 11) is 0. The molecule has 64 valence electrons. The minimum atomic E-state index is -0.382. The number of rotatable bonds is 1. The maximum absolute atomic E-state index is 10.4. The number of nitro benzene ring substituents is 1. The van der Waals surface area contributed by atoms with Crippen molar-refractivity contribution in [3.63, 3.8) is 0 Å². The fraction of sp³-hybridized carbons (Fsp3) is 0.250. The largest absolute Gasteiger partial charge is 0.270 e. The number of aryl methyl sites for hydroxylation is 2. The standard InChI is InChI=1S/C8H8BrNO2/c1-5-3-7(10(11)12)4-6(2)8(5)9/h3-4H,1-2H3. The smallest absolute Gasteiger partial charge is 0.258 e. The molecule has 0 radical (unpaired) electrons. The van der Waals surface area contributed by atoms with Gasteiger partial charge in [0.2, 0.25) is 0 Å². The average molecular weight is 230 g/mol. The molecule has 1 aromatic rings. The predicted molar refractivity (Wildman–Crippen MR) is 50.3 cm³/mol. The minimum absolute atomic E-state index is 0.146. The second kappa shape index (κ2) is 3.23. The quantitative estimate of drug-likeness (QED) is 0.549. The summed E-state index contributed by atoms with van der Waals surface area (Å²) in [5.41, 5.74) is 1.93. The minimum Gasteiger partial charge on any atom is -0.258 e. The van der Waals surface area contributed by atoms with Crippen LogP contribution in [0.15, 0.2) is 16.6 Å². The van der Waals surface area contributed by atoms with Gasteiger partial charge in [-0.25, -0.2) is 0 Å². The summed E-state index contributed by atoms with van der Waals surface area (Å²) in [4.78, 5) is 10.0. The molecule has 0 aliphatic carbocycles. The van der Waals surface area contributed by atoms with Crippen molar-refractivity contribution in [2.75, 3.05) is 0 Å². The fourth-order valence-corrected chi connectivity index (χ4v) is 1.26. The number of hydrogen-bond acceptors (Lipinski definition) is 2. The van der Waals surface area contributed by atoms with E-state index in [1.54, 1.807) is 12.1 Å².